The molecular weight excluding hydrogens is 254 g/mol. The van der Waals surface area contributed by atoms with Crippen molar-refractivity contribution in [2.75, 3.05) is 19.7 Å². The Balaban J connectivity index is 1.92. The molecule has 1 atom stereocenters. The second-order valence-corrected chi connectivity index (χ2v) is 5.16. The molecule has 0 aliphatic carbocycles. The summed E-state index contributed by atoms with van der Waals surface area (Å²) in [6.07, 6.45) is 6.97. The molecule has 1 aromatic heterocycles. The summed E-state index contributed by atoms with van der Waals surface area (Å²) in [5, 5.41) is 0. The van der Waals surface area contributed by atoms with Crippen molar-refractivity contribution >= 4 is 5.91 Å². The van der Waals surface area contributed by atoms with Crippen molar-refractivity contribution in [3.8, 4) is 0 Å². The molecule has 0 saturated carbocycles. The molecular formula is C15H23N3O2. The predicted molar refractivity (Wildman–Crippen MR) is 76.9 cm³/mol. The highest BCUT2D eigenvalue weighted by Gasteiger charge is 2.22. The third kappa shape index (κ3) is 4.58. The highest BCUT2D eigenvalue weighted by atomic mass is 16.5. The van der Waals surface area contributed by atoms with Crippen LogP contribution in [0.1, 0.15) is 31.2 Å². The number of carbonyl (C=O) groups excluding carboxylic acids is 1. The van der Waals surface area contributed by atoms with Crippen LogP contribution < -0.4 is 5.73 Å². The van der Waals surface area contributed by atoms with Crippen molar-refractivity contribution in [3.63, 3.8) is 0 Å². The van der Waals surface area contributed by atoms with E-state index in [1.165, 1.54) is 0 Å². The first kappa shape index (κ1) is 14.9. The first-order chi connectivity index (χ1) is 9.79. The van der Waals surface area contributed by atoms with E-state index in [2.05, 4.69) is 4.98 Å². The summed E-state index contributed by atoms with van der Waals surface area (Å²) in [5.41, 5.74) is 6.61. The van der Waals surface area contributed by atoms with Crippen LogP contribution in [0.4, 0.5) is 0 Å². The van der Waals surface area contributed by atoms with E-state index >= 15 is 0 Å². The maximum absolute atomic E-state index is 12.4. The van der Waals surface area contributed by atoms with Gasteiger partial charge < -0.3 is 15.4 Å². The number of pyridine rings is 1. The van der Waals surface area contributed by atoms with Crippen molar-refractivity contribution in [3.05, 3.63) is 30.1 Å². The topological polar surface area (TPSA) is 68.5 Å². The monoisotopic (exact) mass is 277 g/mol. The van der Waals surface area contributed by atoms with E-state index < -0.39 is 0 Å². The van der Waals surface area contributed by atoms with Gasteiger partial charge in [-0.15, -0.1) is 0 Å². The summed E-state index contributed by atoms with van der Waals surface area (Å²) in [4.78, 5) is 18.4. The van der Waals surface area contributed by atoms with Gasteiger partial charge in [-0.05, 0) is 37.4 Å². The molecule has 2 N–H and O–H groups in total. The van der Waals surface area contributed by atoms with E-state index in [4.69, 9.17) is 10.5 Å². The van der Waals surface area contributed by atoms with Gasteiger partial charge in [-0.1, -0.05) is 6.07 Å². The minimum Gasteiger partial charge on any atom is -0.378 e. The number of carbonyl (C=O) groups is 1. The van der Waals surface area contributed by atoms with Gasteiger partial charge in [0.15, 0.2) is 0 Å². The second kappa shape index (κ2) is 7.97. The zero-order valence-corrected chi connectivity index (χ0v) is 11.8. The minimum absolute atomic E-state index is 0.0942. The highest BCUT2D eigenvalue weighted by molar-refractivity contribution is 5.76. The lowest BCUT2D eigenvalue weighted by Gasteiger charge is -2.24. The van der Waals surface area contributed by atoms with Crippen LogP contribution in [0.25, 0.3) is 0 Å². The summed E-state index contributed by atoms with van der Waals surface area (Å²) < 4.78 is 5.54. The third-order valence-electron chi connectivity index (χ3n) is 3.51. The molecule has 1 aliphatic rings. The Labute approximate surface area is 120 Å². The molecule has 2 heterocycles. The van der Waals surface area contributed by atoms with Crippen LogP contribution in [0.3, 0.4) is 0 Å². The normalized spacial score (nSPS) is 18.1. The molecule has 0 spiro atoms. The molecule has 0 bridgehead atoms. The lowest BCUT2D eigenvalue weighted by atomic mass is 10.1. The molecule has 1 saturated heterocycles. The number of amides is 1. The van der Waals surface area contributed by atoms with E-state index in [-0.39, 0.29) is 12.0 Å². The van der Waals surface area contributed by atoms with Crippen LogP contribution in [-0.2, 0) is 16.1 Å². The quantitative estimate of drug-likeness (QED) is 0.816. The van der Waals surface area contributed by atoms with Gasteiger partial charge >= 0.3 is 0 Å². The Morgan fingerprint density at radius 2 is 2.45 bits per heavy atom. The molecule has 0 radical (unpaired) electrons. The summed E-state index contributed by atoms with van der Waals surface area (Å²) in [6.45, 7) is 2.66. The van der Waals surface area contributed by atoms with E-state index in [1.54, 1.807) is 12.4 Å². The predicted octanol–water partition coefficient (Wildman–Crippen LogP) is 1.33. The van der Waals surface area contributed by atoms with Crippen LogP contribution in [0.15, 0.2) is 24.5 Å². The number of ether oxygens (including phenoxy) is 1. The van der Waals surface area contributed by atoms with Crippen molar-refractivity contribution < 1.29 is 9.53 Å². The summed E-state index contributed by atoms with van der Waals surface area (Å²) in [6, 6.07) is 3.88. The fourth-order valence-corrected chi connectivity index (χ4v) is 2.42. The summed E-state index contributed by atoms with van der Waals surface area (Å²) >= 11 is 0. The fraction of sp³-hybridized carbons (Fsp3) is 0.600. The fourth-order valence-electron chi connectivity index (χ4n) is 2.42. The zero-order chi connectivity index (χ0) is 14.2. The molecule has 1 aliphatic heterocycles. The molecule has 5 heteroatoms. The largest absolute Gasteiger partial charge is 0.378 e. The Hall–Kier alpha value is -1.46. The Morgan fingerprint density at radius 3 is 3.10 bits per heavy atom. The molecule has 20 heavy (non-hydrogen) atoms. The minimum atomic E-state index is 0.0942. The van der Waals surface area contributed by atoms with Crippen LogP contribution in [0, 0.1) is 0 Å². The van der Waals surface area contributed by atoms with Gasteiger partial charge in [0, 0.05) is 32.1 Å². The average Bonchev–Trinajstić information content (AvgIpc) is 2.97. The number of nitrogens with zero attached hydrogens (tertiary/aromatic N) is 2. The first-order valence-electron chi connectivity index (χ1n) is 7.28. The summed E-state index contributed by atoms with van der Waals surface area (Å²) in [5.74, 6) is 0.147. The second-order valence-electron chi connectivity index (χ2n) is 5.16. The van der Waals surface area contributed by atoms with Gasteiger partial charge in [-0.2, -0.15) is 0 Å². The number of aromatic nitrogens is 1. The van der Waals surface area contributed by atoms with Gasteiger partial charge in [0.25, 0.3) is 0 Å². The van der Waals surface area contributed by atoms with Gasteiger partial charge in [0.2, 0.25) is 5.91 Å². The molecule has 5 nitrogen and oxygen atoms in total. The number of hydrogen-bond donors (Lipinski definition) is 1. The van der Waals surface area contributed by atoms with Crippen molar-refractivity contribution in [1.82, 2.24) is 9.88 Å². The average molecular weight is 277 g/mol. The molecule has 0 aromatic carbocycles. The maximum atomic E-state index is 12.4. The SMILES string of the molecule is NCCCN(Cc1cccnc1)C(=O)CC1CCCO1. The van der Waals surface area contributed by atoms with Crippen LogP contribution in [-0.4, -0.2) is 41.6 Å². The number of rotatable bonds is 7. The molecule has 1 aromatic rings. The van der Waals surface area contributed by atoms with E-state index in [0.717, 1.165) is 31.4 Å². The lowest BCUT2D eigenvalue weighted by molar-refractivity contribution is -0.134. The highest BCUT2D eigenvalue weighted by Crippen LogP contribution is 2.17. The van der Waals surface area contributed by atoms with Crippen LogP contribution in [0.2, 0.25) is 0 Å². The summed E-state index contributed by atoms with van der Waals surface area (Å²) in [7, 11) is 0. The molecule has 110 valence electrons. The molecule has 1 unspecified atom stereocenters. The van der Waals surface area contributed by atoms with E-state index in [0.29, 0.717) is 26.1 Å². The van der Waals surface area contributed by atoms with Crippen molar-refractivity contribution in [2.24, 2.45) is 5.73 Å². The smallest absolute Gasteiger partial charge is 0.225 e. The molecule has 2 rings (SSSR count). The van der Waals surface area contributed by atoms with Gasteiger partial charge in [-0.3, -0.25) is 9.78 Å². The van der Waals surface area contributed by atoms with E-state index in [9.17, 15) is 4.79 Å². The van der Waals surface area contributed by atoms with Gasteiger partial charge in [0.1, 0.15) is 0 Å². The number of hydrogen-bond acceptors (Lipinski definition) is 4. The Kier molecular flexibility index (Phi) is 5.95. The lowest BCUT2D eigenvalue weighted by Crippen LogP contribution is -2.34. The molecule has 1 fully saturated rings. The van der Waals surface area contributed by atoms with E-state index in [1.807, 2.05) is 17.0 Å². The first-order valence-corrected chi connectivity index (χ1v) is 7.28. The molecule has 1 amide bonds. The zero-order valence-electron chi connectivity index (χ0n) is 11.8. The van der Waals surface area contributed by atoms with Crippen LogP contribution in [0.5, 0.6) is 0 Å². The Morgan fingerprint density at radius 1 is 1.55 bits per heavy atom. The van der Waals surface area contributed by atoms with Crippen molar-refractivity contribution in [1.29, 1.82) is 0 Å². The third-order valence-corrected chi connectivity index (χ3v) is 3.51. The van der Waals surface area contributed by atoms with Crippen molar-refractivity contribution in [2.45, 2.75) is 38.3 Å². The van der Waals surface area contributed by atoms with Gasteiger partial charge in [0.05, 0.1) is 12.5 Å². The number of nitrogens with two attached hydrogens (primary N) is 1. The van der Waals surface area contributed by atoms with Crippen LogP contribution >= 0.6 is 0 Å². The maximum Gasteiger partial charge on any atom is 0.225 e. The Bertz CT molecular complexity index is 405. The standard InChI is InChI=1S/C15H23N3O2/c16-6-3-8-18(12-13-4-1-7-17-11-13)15(19)10-14-5-2-9-20-14/h1,4,7,11,14H,2-3,5-6,8-10,12,16H2. The van der Waals surface area contributed by atoms with Gasteiger partial charge in [-0.25, -0.2) is 0 Å².